The molecule has 64 valence electrons. The van der Waals surface area contributed by atoms with Crippen LogP contribution in [0.5, 0.6) is 0 Å². The van der Waals surface area contributed by atoms with Gasteiger partial charge in [-0.25, -0.2) is 0 Å². The molecule has 0 aromatic carbocycles. The van der Waals surface area contributed by atoms with Crippen LogP contribution in [-0.2, 0) is 0 Å². The van der Waals surface area contributed by atoms with Gasteiger partial charge >= 0.3 is 0 Å². The van der Waals surface area contributed by atoms with Gasteiger partial charge in [-0.05, 0) is 19.4 Å². The zero-order valence-corrected chi connectivity index (χ0v) is 7.30. The predicted octanol–water partition coefficient (Wildman–Crippen LogP) is 0.755. The van der Waals surface area contributed by atoms with E-state index >= 15 is 0 Å². The summed E-state index contributed by atoms with van der Waals surface area (Å²) in [6, 6.07) is 0.575. The lowest BCUT2D eigenvalue weighted by Crippen LogP contribution is -2.69. The highest BCUT2D eigenvalue weighted by atomic mass is 16.3. The molecule has 1 saturated carbocycles. The molecule has 11 heavy (non-hydrogen) atoms. The molecular formula is C9H17NO. The average Bonchev–Trinajstić information content (AvgIpc) is 2.04. The van der Waals surface area contributed by atoms with Crippen molar-refractivity contribution >= 4 is 0 Å². The number of aliphatic hydroxyl groups is 1. The Hall–Kier alpha value is -0.0800. The van der Waals surface area contributed by atoms with E-state index < -0.39 is 0 Å². The molecule has 2 nitrogen and oxygen atoms in total. The molecule has 2 heteroatoms. The van der Waals surface area contributed by atoms with Crippen LogP contribution in [0.3, 0.4) is 0 Å². The number of piperidine rings is 1. The van der Waals surface area contributed by atoms with Crippen molar-refractivity contribution in [2.45, 2.75) is 38.8 Å². The molecule has 0 unspecified atom stereocenters. The predicted molar refractivity (Wildman–Crippen MR) is 44.3 cm³/mol. The van der Waals surface area contributed by atoms with Gasteiger partial charge in [-0.1, -0.05) is 13.8 Å². The summed E-state index contributed by atoms with van der Waals surface area (Å²) < 4.78 is 0. The SMILES string of the molecule is CC1(C)[C@H](O)[C@H]2CCCN[C@H]21. The molecule has 2 aliphatic rings. The Bertz CT molecular complexity index is 167. The first-order valence-electron chi connectivity index (χ1n) is 4.55. The number of rotatable bonds is 0. The first-order valence-corrected chi connectivity index (χ1v) is 4.55. The molecule has 2 rings (SSSR count). The lowest BCUT2D eigenvalue weighted by Gasteiger charge is -2.58. The van der Waals surface area contributed by atoms with E-state index in [9.17, 15) is 5.11 Å². The summed E-state index contributed by atoms with van der Waals surface area (Å²) in [7, 11) is 0. The number of aliphatic hydroxyl groups excluding tert-OH is 1. The lowest BCUT2D eigenvalue weighted by molar-refractivity contribution is -0.144. The molecule has 1 aliphatic carbocycles. The van der Waals surface area contributed by atoms with Crippen molar-refractivity contribution in [2.24, 2.45) is 11.3 Å². The maximum atomic E-state index is 9.73. The highest BCUT2D eigenvalue weighted by Gasteiger charge is 2.55. The van der Waals surface area contributed by atoms with Crippen LogP contribution in [0.15, 0.2) is 0 Å². The van der Waals surface area contributed by atoms with Crippen molar-refractivity contribution in [3.05, 3.63) is 0 Å². The molecule has 2 fully saturated rings. The average molecular weight is 155 g/mol. The van der Waals surface area contributed by atoms with Crippen molar-refractivity contribution in [2.75, 3.05) is 6.54 Å². The van der Waals surface area contributed by atoms with Crippen molar-refractivity contribution < 1.29 is 5.11 Å². The van der Waals surface area contributed by atoms with Crippen LogP contribution in [0.25, 0.3) is 0 Å². The fraction of sp³-hybridized carbons (Fsp3) is 1.00. The number of hydrogen-bond acceptors (Lipinski definition) is 2. The van der Waals surface area contributed by atoms with Crippen molar-refractivity contribution in [1.82, 2.24) is 5.32 Å². The van der Waals surface area contributed by atoms with E-state index in [1.807, 2.05) is 0 Å². The third-order valence-corrected chi connectivity index (χ3v) is 3.48. The van der Waals surface area contributed by atoms with Crippen LogP contribution < -0.4 is 5.32 Å². The smallest absolute Gasteiger partial charge is 0.0649 e. The molecule has 0 radical (unpaired) electrons. The molecule has 2 N–H and O–H groups in total. The first kappa shape index (κ1) is 7.56. The molecule has 0 amide bonds. The van der Waals surface area contributed by atoms with Gasteiger partial charge in [-0.3, -0.25) is 0 Å². The third kappa shape index (κ3) is 0.859. The summed E-state index contributed by atoms with van der Waals surface area (Å²) >= 11 is 0. The van der Waals surface area contributed by atoms with Crippen LogP contribution in [0, 0.1) is 11.3 Å². The summed E-state index contributed by atoms with van der Waals surface area (Å²) in [6.07, 6.45) is 2.37. The van der Waals surface area contributed by atoms with Crippen LogP contribution in [0.1, 0.15) is 26.7 Å². The van der Waals surface area contributed by atoms with Crippen LogP contribution >= 0.6 is 0 Å². The van der Waals surface area contributed by atoms with E-state index in [2.05, 4.69) is 19.2 Å². The van der Waals surface area contributed by atoms with Gasteiger partial charge < -0.3 is 10.4 Å². The summed E-state index contributed by atoms with van der Waals surface area (Å²) in [5.74, 6) is 0.541. The monoisotopic (exact) mass is 155 g/mol. The summed E-state index contributed by atoms with van der Waals surface area (Å²) in [6.45, 7) is 5.44. The van der Waals surface area contributed by atoms with Crippen molar-refractivity contribution in [3.63, 3.8) is 0 Å². The molecule has 0 aromatic rings. The standard InChI is InChI=1S/C9H17NO/c1-9(2)7-6(8(9)11)4-3-5-10-7/h6-8,10-11H,3-5H2,1-2H3/t6-,7+,8+/m0/s1. The summed E-state index contributed by atoms with van der Waals surface area (Å²) in [5, 5.41) is 13.2. The van der Waals surface area contributed by atoms with Gasteiger partial charge in [-0.2, -0.15) is 0 Å². The Kier molecular flexibility index (Phi) is 1.52. The van der Waals surface area contributed by atoms with E-state index in [4.69, 9.17) is 0 Å². The second-order valence-corrected chi connectivity index (χ2v) is 4.50. The number of fused-ring (bicyclic) bond motifs is 1. The zero-order valence-electron chi connectivity index (χ0n) is 7.30. The number of nitrogens with one attached hydrogen (secondary N) is 1. The lowest BCUT2D eigenvalue weighted by atomic mass is 9.55. The van der Waals surface area contributed by atoms with Crippen LogP contribution in [0.4, 0.5) is 0 Å². The van der Waals surface area contributed by atoms with Gasteiger partial charge in [0.15, 0.2) is 0 Å². The molecule has 0 bridgehead atoms. The normalized spacial score (nSPS) is 47.7. The van der Waals surface area contributed by atoms with Crippen LogP contribution in [0.2, 0.25) is 0 Å². The topological polar surface area (TPSA) is 32.3 Å². The van der Waals surface area contributed by atoms with Crippen molar-refractivity contribution in [3.8, 4) is 0 Å². The summed E-state index contributed by atoms with van der Waals surface area (Å²) in [5.41, 5.74) is 0.116. The molecule has 0 spiro atoms. The maximum absolute atomic E-state index is 9.73. The summed E-state index contributed by atoms with van der Waals surface area (Å²) in [4.78, 5) is 0. The van der Waals surface area contributed by atoms with E-state index in [-0.39, 0.29) is 11.5 Å². The molecule has 1 heterocycles. The van der Waals surface area contributed by atoms with Gasteiger partial charge in [0.2, 0.25) is 0 Å². The highest BCUT2D eigenvalue weighted by molar-refractivity contribution is 5.09. The highest BCUT2D eigenvalue weighted by Crippen LogP contribution is 2.48. The van der Waals surface area contributed by atoms with Gasteiger partial charge in [0.05, 0.1) is 6.10 Å². The third-order valence-electron chi connectivity index (χ3n) is 3.48. The second kappa shape index (κ2) is 2.20. The molecular weight excluding hydrogens is 138 g/mol. The van der Waals surface area contributed by atoms with Crippen LogP contribution in [-0.4, -0.2) is 23.8 Å². The Balaban J connectivity index is 2.09. The first-order chi connectivity index (χ1) is 5.14. The minimum absolute atomic E-state index is 0.0692. The minimum atomic E-state index is -0.0692. The quantitative estimate of drug-likeness (QED) is 0.541. The molecule has 3 atom stereocenters. The Morgan fingerprint density at radius 3 is 2.82 bits per heavy atom. The Morgan fingerprint density at radius 1 is 1.45 bits per heavy atom. The van der Waals surface area contributed by atoms with E-state index in [1.165, 1.54) is 12.8 Å². The van der Waals surface area contributed by atoms with Gasteiger partial charge in [0.25, 0.3) is 0 Å². The van der Waals surface area contributed by atoms with E-state index in [1.54, 1.807) is 0 Å². The Labute approximate surface area is 68.0 Å². The Morgan fingerprint density at radius 2 is 2.18 bits per heavy atom. The molecule has 1 aliphatic heterocycles. The maximum Gasteiger partial charge on any atom is 0.0649 e. The van der Waals surface area contributed by atoms with Gasteiger partial charge in [-0.15, -0.1) is 0 Å². The minimum Gasteiger partial charge on any atom is -0.392 e. The fourth-order valence-corrected chi connectivity index (χ4v) is 2.69. The van der Waals surface area contributed by atoms with E-state index in [0.29, 0.717) is 12.0 Å². The molecule has 1 saturated heterocycles. The molecule has 0 aromatic heterocycles. The van der Waals surface area contributed by atoms with Crippen molar-refractivity contribution in [1.29, 1.82) is 0 Å². The number of hydrogen-bond donors (Lipinski definition) is 2. The zero-order chi connectivity index (χ0) is 8.06. The second-order valence-electron chi connectivity index (χ2n) is 4.50. The van der Waals surface area contributed by atoms with E-state index in [0.717, 1.165) is 6.54 Å². The van der Waals surface area contributed by atoms with Gasteiger partial charge in [0, 0.05) is 17.4 Å². The fourth-order valence-electron chi connectivity index (χ4n) is 2.69. The van der Waals surface area contributed by atoms with Gasteiger partial charge in [0.1, 0.15) is 0 Å². The largest absolute Gasteiger partial charge is 0.392 e.